The first kappa shape index (κ1) is 20.0. The van der Waals surface area contributed by atoms with Crippen LogP contribution in [0.5, 0.6) is 0 Å². The van der Waals surface area contributed by atoms with E-state index in [1.165, 1.54) is 31.3 Å². The quantitative estimate of drug-likeness (QED) is 0.236. The maximum atomic E-state index is 11.8. The molecule has 1 aliphatic carbocycles. The first-order chi connectivity index (χ1) is 10.9. The van der Waals surface area contributed by atoms with Gasteiger partial charge in [-0.25, -0.2) is 4.79 Å². The molecule has 0 saturated heterocycles. The Labute approximate surface area is 143 Å². The molecule has 0 aromatic heterocycles. The van der Waals surface area contributed by atoms with Gasteiger partial charge >= 0.3 is 5.97 Å². The van der Waals surface area contributed by atoms with E-state index in [1.807, 2.05) is 6.92 Å². The van der Waals surface area contributed by atoms with Gasteiger partial charge < -0.3 is 4.74 Å². The van der Waals surface area contributed by atoms with Gasteiger partial charge in [-0.15, -0.1) is 0 Å². The molecule has 0 aromatic rings. The number of allylic oxidation sites excluding steroid dienone is 5. The third-order valence-corrected chi connectivity index (χ3v) is 6.61. The number of ether oxygens (including phenoxy) is 1. The van der Waals surface area contributed by atoms with E-state index >= 15 is 0 Å². The van der Waals surface area contributed by atoms with Crippen molar-refractivity contribution in [2.24, 2.45) is 0 Å². The van der Waals surface area contributed by atoms with Crippen LogP contribution in [-0.2, 0) is 9.53 Å². The van der Waals surface area contributed by atoms with Crippen LogP contribution >= 0.6 is 0 Å². The highest BCUT2D eigenvalue weighted by Gasteiger charge is 2.21. The molecule has 23 heavy (non-hydrogen) atoms. The van der Waals surface area contributed by atoms with Crippen LogP contribution in [0.2, 0.25) is 19.6 Å². The summed E-state index contributed by atoms with van der Waals surface area (Å²) in [6.07, 6.45) is 14.6. The SMILES string of the molecule is CCCCCCC1=C/C(=C/C(=O)OCC)CCC([Si](C)(C)C)=C1. The largest absolute Gasteiger partial charge is 0.463 e. The summed E-state index contributed by atoms with van der Waals surface area (Å²) in [5.41, 5.74) is 2.52. The fourth-order valence-electron chi connectivity index (χ4n) is 2.87. The molecule has 3 heteroatoms. The highest BCUT2D eigenvalue weighted by atomic mass is 28.3. The highest BCUT2D eigenvalue weighted by molar-refractivity contribution is 6.83. The van der Waals surface area contributed by atoms with Gasteiger partial charge in [0, 0.05) is 6.08 Å². The second kappa shape index (κ2) is 9.92. The minimum Gasteiger partial charge on any atom is -0.463 e. The minimum absolute atomic E-state index is 0.208. The third kappa shape index (κ3) is 7.82. The van der Waals surface area contributed by atoms with Crippen LogP contribution in [0.15, 0.2) is 34.6 Å². The summed E-state index contributed by atoms with van der Waals surface area (Å²) in [5, 5.41) is 1.62. The van der Waals surface area contributed by atoms with Gasteiger partial charge in [0.25, 0.3) is 0 Å². The van der Waals surface area contributed by atoms with Crippen molar-refractivity contribution < 1.29 is 9.53 Å². The number of esters is 1. The molecule has 0 heterocycles. The Morgan fingerprint density at radius 2 is 1.87 bits per heavy atom. The fraction of sp³-hybridized carbons (Fsp3) is 0.650. The van der Waals surface area contributed by atoms with Gasteiger partial charge in [-0.05, 0) is 43.8 Å². The Hall–Kier alpha value is -1.09. The van der Waals surface area contributed by atoms with E-state index in [2.05, 4.69) is 38.7 Å². The van der Waals surface area contributed by atoms with Crippen molar-refractivity contribution in [3.63, 3.8) is 0 Å². The number of carbonyl (C=O) groups excluding carboxylic acids is 1. The Kier molecular flexibility index (Phi) is 8.60. The van der Waals surface area contributed by atoms with Gasteiger partial charge in [0.05, 0.1) is 14.7 Å². The highest BCUT2D eigenvalue weighted by Crippen LogP contribution is 2.29. The summed E-state index contributed by atoms with van der Waals surface area (Å²) in [6, 6.07) is 0. The topological polar surface area (TPSA) is 26.3 Å². The van der Waals surface area contributed by atoms with Gasteiger partial charge in [-0.1, -0.05) is 63.2 Å². The average molecular weight is 335 g/mol. The molecule has 1 rings (SSSR count). The summed E-state index contributed by atoms with van der Waals surface area (Å²) in [6.45, 7) is 11.8. The van der Waals surface area contributed by atoms with E-state index in [4.69, 9.17) is 4.74 Å². The zero-order chi connectivity index (χ0) is 17.3. The second-order valence-electron chi connectivity index (χ2n) is 7.42. The Bertz CT molecular complexity index is 478. The molecular formula is C20H34O2Si. The van der Waals surface area contributed by atoms with Crippen molar-refractivity contribution in [1.29, 1.82) is 0 Å². The summed E-state index contributed by atoms with van der Waals surface area (Å²) in [7, 11) is -1.29. The molecule has 1 aliphatic rings. The van der Waals surface area contributed by atoms with Crippen LogP contribution in [0.4, 0.5) is 0 Å². The first-order valence-electron chi connectivity index (χ1n) is 9.15. The Morgan fingerprint density at radius 3 is 2.48 bits per heavy atom. The molecule has 0 radical (unpaired) electrons. The third-order valence-electron chi connectivity index (χ3n) is 4.29. The standard InChI is InChI=1S/C20H34O2Si/c1-6-8-9-10-11-17-14-18(16-20(21)22-7-2)12-13-19(15-17)23(3,4)5/h14-16H,6-13H2,1-5H3/b18-16+. The van der Waals surface area contributed by atoms with Crippen LogP contribution in [-0.4, -0.2) is 20.7 Å². The number of hydrogen-bond acceptors (Lipinski definition) is 2. The van der Waals surface area contributed by atoms with Crippen molar-refractivity contribution >= 4 is 14.0 Å². The van der Waals surface area contributed by atoms with Crippen molar-refractivity contribution in [2.75, 3.05) is 6.61 Å². The van der Waals surface area contributed by atoms with Gasteiger partial charge in [-0.2, -0.15) is 0 Å². The van der Waals surface area contributed by atoms with Crippen LogP contribution in [0.25, 0.3) is 0 Å². The van der Waals surface area contributed by atoms with E-state index in [1.54, 1.807) is 11.3 Å². The maximum Gasteiger partial charge on any atom is 0.331 e. The lowest BCUT2D eigenvalue weighted by molar-refractivity contribution is -0.137. The molecule has 0 bridgehead atoms. The number of unbranched alkanes of at least 4 members (excludes halogenated alkanes) is 3. The van der Waals surface area contributed by atoms with Crippen molar-refractivity contribution in [3.05, 3.63) is 34.6 Å². The summed E-state index contributed by atoms with van der Waals surface area (Å²) in [4.78, 5) is 11.8. The minimum atomic E-state index is -1.29. The second-order valence-corrected chi connectivity index (χ2v) is 12.6. The Morgan fingerprint density at radius 1 is 1.13 bits per heavy atom. The molecule has 0 atom stereocenters. The van der Waals surface area contributed by atoms with Gasteiger partial charge in [-0.3, -0.25) is 0 Å². The maximum absolute atomic E-state index is 11.8. The van der Waals surface area contributed by atoms with E-state index < -0.39 is 8.07 Å². The summed E-state index contributed by atoms with van der Waals surface area (Å²) >= 11 is 0. The molecule has 0 spiro atoms. The van der Waals surface area contributed by atoms with Gasteiger partial charge in [0.2, 0.25) is 0 Å². The predicted octanol–water partition coefficient (Wildman–Crippen LogP) is 5.97. The predicted molar refractivity (Wildman–Crippen MR) is 102 cm³/mol. The zero-order valence-electron chi connectivity index (χ0n) is 15.7. The van der Waals surface area contributed by atoms with E-state index in [9.17, 15) is 4.79 Å². The monoisotopic (exact) mass is 334 g/mol. The molecular weight excluding hydrogens is 300 g/mol. The number of rotatable bonds is 8. The lowest BCUT2D eigenvalue weighted by atomic mass is 10.0. The smallest absolute Gasteiger partial charge is 0.331 e. The first-order valence-corrected chi connectivity index (χ1v) is 12.7. The summed E-state index contributed by atoms with van der Waals surface area (Å²) < 4.78 is 5.07. The molecule has 0 aliphatic heterocycles. The molecule has 2 nitrogen and oxygen atoms in total. The average Bonchev–Trinajstić information content (AvgIpc) is 2.66. The van der Waals surface area contributed by atoms with Crippen LogP contribution in [0.3, 0.4) is 0 Å². The van der Waals surface area contributed by atoms with Crippen LogP contribution in [0, 0.1) is 0 Å². The molecule has 0 unspecified atom stereocenters. The molecule has 0 saturated carbocycles. The lowest BCUT2D eigenvalue weighted by Crippen LogP contribution is -2.24. The van der Waals surface area contributed by atoms with Crippen molar-refractivity contribution in [2.45, 2.75) is 78.4 Å². The van der Waals surface area contributed by atoms with Crippen LogP contribution in [0.1, 0.15) is 58.8 Å². The van der Waals surface area contributed by atoms with E-state index in [0.29, 0.717) is 6.61 Å². The zero-order valence-corrected chi connectivity index (χ0v) is 16.7. The number of carbonyl (C=O) groups is 1. The molecule has 0 N–H and O–H groups in total. The van der Waals surface area contributed by atoms with Crippen molar-refractivity contribution in [3.8, 4) is 0 Å². The number of hydrogen-bond donors (Lipinski definition) is 0. The van der Waals surface area contributed by atoms with Crippen molar-refractivity contribution in [1.82, 2.24) is 0 Å². The fourth-order valence-corrected chi connectivity index (χ4v) is 4.36. The van der Waals surface area contributed by atoms with Crippen LogP contribution < -0.4 is 0 Å². The van der Waals surface area contributed by atoms with Gasteiger partial charge in [0.1, 0.15) is 0 Å². The lowest BCUT2D eigenvalue weighted by Gasteiger charge is -2.20. The van der Waals surface area contributed by atoms with E-state index in [-0.39, 0.29) is 5.97 Å². The van der Waals surface area contributed by atoms with Gasteiger partial charge in [0.15, 0.2) is 0 Å². The molecule has 0 amide bonds. The normalized spacial score (nSPS) is 17.5. The summed E-state index contributed by atoms with van der Waals surface area (Å²) in [5.74, 6) is -0.208. The van der Waals surface area contributed by atoms with E-state index in [0.717, 1.165) is 24.8 Å². The Balaban J connectivity index is 2.90. The molecule has 0 aromatic carbocycles. The molecule has 130 valence electrons. The molecule has 0 fully saturated rings.